The third-order valence-electron chi connectivity index (χ3n) is 3.44. The molecule has 0 spiro atoms. The summed E-state index contributed by atoms with van der Waals surface area (Å²) in [4.78, 5) is 25.6. The SMILES string of the molecule is CC(C)(C(=O)O)c1ccc(NC(=O)c2ncsc2C(F)(F)F)cc1. The number of rotatable bonds is 4. The number of nitrogens with zero attached hydrogens (tertiary/aromatic N) is 1. The molecule has 1 heterocycles. The largest absolute Gasteiger partial charge is 0.481 e. The predicted molar refractivity (Wildman–Crippen MR) is 82.2 cm³/mol. The van der Waals surface area contributed by atoms with Crippen LogP contribution in [0.4, 0.5) is 18.9 Å². The predicted octanol–water partition coefficient (Wildman–Crippen LogP) is 3.78. The van der Waals surface area contributed by atoms with E-state index in [1.165, 1.54) is 38.1 Å². The Bertz CT molecular complexity index is 767. The minimum Gasteiger partial charge on any atom is -0.481 e. The minimum absolute atomic E-state index is 0.242. The topological polar surface area (TPSA) is 79.3 Å². The second-order valence-corrected chi connectivity index (χ2v) is 6.34. The number of nitrogens with one attached hydrogen (secondary N) is 1. The molecule has 0 saturated carbocycles. The quantitative estimate of drug-likeness (QED) is 0.872. The van der Waals surface area contributed by atoms with Gasteiger partial charge in [0, 0.05) is 5.69 Å². The van der Waals surface area contributed by atoms with Gasteiger partial charge in [-0.1, -0.05) is 12.1 Å². The van der Waals surface area contributed by atoms with Gasteiger partial charge in [-0.15, -0.1) is 11.3 Å². The van der Waals surface area contributed by atoms with Crippen molar-refractivity contribution in [3.63, 3.8) is 0 Å². The number of carbonyl (C=O) groups is 2. The van der Waals surface area contributed by atoms with Crippen molar-refractivity contribution in [1.29, 1.82) is 0 Å². The molecule has 128 valence electrons. The molecule has 0 radical (unpaired) electrons. The molecule has 0 fully saturated rings. The highest BCUT2D eigenvalue weighted by Gasteiger charge is 2.38. The number of amides is 1. The molecule has 2 aromatic rings. The zero-order valence-electron chi connectivity index (χ0n) is 12.6. The maximum absolute atomic E-state index is 12.8. The lowest BCUT2D eigenvalue weighted by atomic mass is 9.85. The van der Waals surface area contributed by atoms with Crippen LogP contribution in [0.5, 0.6) is 0 Å². The Labute approximate surface area is 139 Å². The fourth-order valence-electron chi connectivity index (χ4n) is 1.89. The van der Waals surface area contributed by atoms with Crippen LogP contribution in [0.3, 0.4) is 0 Å². The molecule has 0 aliphatic heterocycles. The molecular formula is C15H13F3N2O3S. The molecule has 0 atom stereocenters. The number of carbonyl (C=O) groups excluding carboxylic acids is 1. The zero-order chi connectivity index (χ0) is 18.1. The summed E-state index contributed by atoms with van der Waals surface area (Å²) in [6.45, 7) is 3.04. The summed E-state index contributed by atoms with van der Waals surface area (Å²) in [6, 6.07) is 5.85. The summed E-state index contributed by atoms with van der Waals surface area (Å²) < 4.78 is 38.3. The van der Waals surface area contributed by atoms with E-state index >= 15 is 0 Å². The number of aromatic nitrogens is 1. The van der Waals surface area contributed by atoms with Gasteiger partial charge in [0.25, 0.3) is 5.91 Å². The van der Waals surface area contributed by atoms with Crippen molar-refractivity contribution in [1.82, 2.24) is 4.98 Å². The van der Waals surface area contributed by atoms with E-state index in [1.54, 1.807) is 0 Å². The van der Waals surface area contributed by atoms with Crippen molar-refractivity contribution in [3.05, 3.63) is 45.9 Å². The molecule has 2 N–H and O–H groups in total. The van der Waals surface area contributed by atoms with Gasteiger partial charge in [-0.25, -0.2) is 4.98 Å². The van der Waals surface area contributed by atoms with Gasteiger partial charge in [-0.05, 0) is 31.5 Å². The molecule has 0 bridgehead atoms. The second-order valence-electron chi connectivity index (χ2n) is 5.49. The van der Waals surface area contributed by atoms with Gasteiger partial charge in [0.1, 0.15) is 4.88 Å². The first-order valence-electron chi connectivity index (χ1n) is 6.69. The molecule has 24 heavy (non-hydrogen) atoms. The Morgan fingerprint density at radius 3 is 2.25 bits per heavy atom. The van der Waals surface area contributed by atoms with Gasteiger partial charge >= 0.3 is 12.1 Å². The summed E-state index contributed by atoms with van der Waals surface area (Å²) in [6.07, 6.45) is -4.65. The van der Waals surface area contributed by atoms with Crippen molar-refractivity contribution >= 4 is 28.9 Å². The van der Waals surface area contributed by atoms with Gasteiger partial charge in [0.05, 0.1) is 10.9 Å². The monoisotopic (exact) mass is 358 g/mol. The number of hydrogen-bond donors (Lipinski definition) is 2. The van der Waals surface area contributed by atoms with Crippen LogP contribution in [0, 0.1) is 0 Å². The number of aliphatic carboxylic acids is 1. The first kappa shape index (κ1) is 17.9. The van der Waals surface area contributed by atoms with Crippen LogP contribution in [0.25, 0.3) is 0 Å². The molecule has 0 aliphatic rings. The fourth-order valence-corrected chi connectivity index (χ4v) is 2.55. The maximum atomic E-state index is 12.8. The Kier molecular flexibility index (Phi) is 4.66. The van der Waals surface area contributed by atoms with Crippen LogP contribution in [0.2, 0.25) is 0 Å². The lowest BCUT2D eigenvalue weighted by Gasteiger charge is -2.19. The average molecular weight is 358 g/mol. The average Bonchev–Trinajstić information content (AvgIpc) is 2.97. The summed E-state index contributed by atoms with van der Waals surface area (Å²) in [5.74, 6) is -2.00. The van der Waals surface area contributed by atoms with Crippen LogP contribution < -0.4 is 5.32 Å². The van der Waals surface area contributed by atoms with Crippen LogP contribution in [-0.4, -0.2) is 22.0 Å². The lowest BCUT2D eigenvalue weighted by Crippen LogP contribution is -2.28. The van der Waals surface area contributed by atoms with Gasteiger partial charge in [0.15, 0.2) is 5.69 Å². The number of thiazole rings is 1. The molecule has 9 heteroatoms. The summed E-state index contributed by atoms with van der Waals surface area (Å²) in [5, 5.41) is 11.5. The van der Waals surface area contributed by atoms with Gasteiger partial charge < -0.3 is 10.4 Å². The summed E-state index contributed by atoms with van der Waals surface area (Å²) >= 11 is 0.342. The zero-order valence-corrected chi connectivity index (χ0v) is 13.5. The summed E-state index contributed by atoms with van der Waals surface area (Å²) in [7, 11) is 0. The molecule has 1 aromatic carbocycles. The molecule has 1 amide bonds. The van der Waals surface area contributed by atoms with Gasteiger partial charge in [-0.2, -0.15) is 13.2 Å². The molecule has 2 rings (SSSR count). The number of benzene rings is 1. The van der Waals surface area contributed by atoms with E-state index in [0.717, 1.165) is 5.51 Å². The smallest absolute Gasteiger partial charge is 0.427 e. The first-order valence-corrected chi connectivity index (χ1v) is 7.57. The second kappa shape index (κ2) is 6.23. The van der Waals surface area contributed by atoms with Gasteiger partial charge in [0.2, 0.25) is 0 Å². The standard InChI is InChI=1S/C15H13F3N2O3S/c1-14(2,13(22)23)8-3-5-9(6-4-8)20-12(21)10-11(15(16,17)18)24-7-19-10/h3-7H,1-2H3,(H,20,21)(H,22,23). The number of anilines is 1. The first-order chi connectivity index (χ1) is 11.0. The van der Waals surface area contributed by atoms with Crippen molar-refractivity contribution in [2.45, 2.75) is 25.4 Å². The van der Waals surface area contributed by atoms with E-state index in [-0.39, 0.29) is 5.69 Å². The number of halogens is 3. The number of carboxylic acid groups (broad SMARTS) is 1. The number of carboxylic acids is 1. The van der Waals surface area contributed by atoms with Crippen LogP contribution >= 0.6 is 11.3 Å². The number of alkyl halides is 3. The maximum Gasteiger partial charge on any atom is 0.427 e. The van der Waals surface area contributed by atoms with E-state index in [0.29, 0.717) is 16.9 Å². The van der Waals surface area contributed by atoms with E-state index in [2.05, 4.69) is 10.3 Å². The lowest BCUT2D eigenvalue weighted by molar-refractivity contribution is -0.142. The third-order valence-corrected chi connectivity index (χ3v) is 4.31. The van der Waals surface area contributed by atoms with Crippen molar-refractivity contribution in [2.75, 3.05) is 5.32 Å². The van der Waals surface area contributed by atoms with Crippen LogP contribution in [0.15, 0.2) is 29.8 Å². The molecule has 0 aliphatic carbocycles. The fraction of sp³-hybridized carbons (Fsp3) is 0.267. The Morgan fingerprint density at radius 2 is 1.75 bits per heavy atom. The molecular weight excluding hydrogens is 345 g/mol. The highest BCUT2D eigenvalue weighted by molar-refractivity contribution is 7.10. The highest BCUT2D eigenvalue weighted by Crippen LogP contribution is 2.35. The van der Waals surface area contributed by atoms with Gasteiger partial charge in [-0.3, -0.25) is 9.59 Å². The minimum atomic E-state index is -4.65. The van der Waals surface area contributed by atoms with E-state index in [4.69, 9.17) is 5.11 Å². The molecule has 0 unspecified atom stereocenters. The van der Waals surface area contributed by atoms with E-state index < -0.39 is 34.0 Å². The molecule has 1 aromatic heterocycles. The van der Waals surface area contributed by atoms with E-state index in [1.807, 2.05) is 0 Å². The molecule has 5 nitrogen and oxygen atoms in total. The molecule has 0 saturated heterocycles. The Hall–Kier alpha value is -2.42. The number of hydrogen-bond acceptors (Lipinski definition) is 4. The van der Waals surface area contributed by atoms with E-state index in [9.17, 15) is 22.8 Å². The van der Waals surface area contributed by atoms with Crippen molar-refractivity contribution in [2.24, 2.45) is 0 Å². The van der Waals surface area contributed by atoms with Crippen molar-refractivity contribution in [3.8, 4) is 0 Å². The Balaban J connectivity index is 2.20. The Morgan fingerprint density at radius 1 is 1.17 bits per heavy atom. The van der Waals surface area contributed by atoms with Crippen LogP contribution in [-0.2, 0) is 16.4 Å². The normalized spacial score (nSPS) is 12.0. The third kappa shape index (κ3) is 3.56. The van der Waals surface area contributed by atoms with Crippen LogP contribution in [0.1, 0.15) is 34.8 Å². The highest BCUT2D eigenvalue weighted by atomic mass is 32.1. The summed E-state index contributed by atoms with van der Waals surface area (Å²) in [5.41, 5.74) is -0.122. The van der Waals surface area contributed by atoms with Crippen molar-refractivity contribution < 1.29 is 27.9 Å².